The Morgan fingerprint density at radius 1 is 1.42 bits per heavy atom. The SMILES string of the molecule is COc1cccc(-c2nc3c([nH]2)CN(C(=O)[C@@H](C)N)CC3)c1.Cl.Cl. The summed E-state index contributed by atoms with van der Waals surface area (Å²) in [7, 11) is 1.64. The summed E-state index contributed by atoms with van der Waals surface area (Å²) in [6, 6.07) is 7.28. The molecule has 3 rings (SSSR count). The van der Waals surface area contributed by atoms with Gasteiger partial charge in [0.05, 0.1) is 31.1 Å². The maximum atomic E-state index is 12.0. The number of aromatic nitrogens is 2. The van der Waals surface area contributed by atoms with E-state index in [-0.39, 0.29) is 30.7 Å². The maximum absolute atomic E-state index is 12.0. The minimum Gasteiger partial charge on any atom is -0.497 e. The van der Waals surface area contributed by atoms with E-state index in [2.05, 4.69) is 9.97 Å². The number of methoxy groups -OCH3 is 1. The summed E-state index contributed by atoms with van der Waals surface area (Å²) < 4.78 is 5.24. The third-order valence-electron chi connectivity index (χ3n) is 3.88. The number of rotatable bonds is 3. The predicted octanol–water partition coefficient (Wildman–Crippen LogP) is 2.16. The molecule has 2 aromatic rings. The Kier molecular flexibility index (Phi) is 7.08. The van der Waals surface area contributed by atoms with E-state index in [9.17, 15) is 4.79 Å². The first kappa shape index (κ1) is 20.3. The van der Waals surface area contributed by atoms with Gasteiger partial charge in [-0.25, -0.2) is 4.98 Å². The van der Waals surface area contributed by atoms with Gasteiger partial charge in [0.15, 0.2) is 0 Å². The molecule has 1 amide bonds. The van der Waals surface area contributed by atoms with Crippen molar-refractivity contribution in [2.45, 2.75) is 25.9 Å². The Bertz CT molecular complexity index is 703. The van der Waals surface area contributed by atoms with Gasteiger partial charge >= 0.3 is 0 Å². The van der Waals surface area contributed by atoms with Crippen LogP contribution in [0.25, 0.3) is 11.4 Å². The smallest absolute Gasteiger partial charge is 0.239 e. The monoisotopic (exact) mass is 372 g/mol. The van der Waals surface area contributed by atoms with Crippen LogP contribution in [0.3, 0.4) is 0 Å². The number of imidazole rings is 1. The zero-order chi connectivity index (χ0) is 15.7. The lowest BCUT2D eigenvalue weighted by molar-refractivity contribution is -0.133. The van der Waals surface area contributed by atoms with E-state index in [0.29, 0.717) is 13.1 Å². The number of carbonyl (C=O) groups excluding carboxylic acids is 1. The highest BCUT2D eigenvalue weighted by Gasteiger charge is 2.25. The van der Waals surface area contributed by atoms with E-state index in [1.54, 1.807) is 18.9 Å². The molecular formula is C16H22Cl2N4O2. The fraction of sp³-hybridized carbons (Fsp3) is 0.375. The molecule has 1 aliphatic rings. The Morgan fingerprint density at radius 2 is 2.17 bits per heavy atom. The molecule has 0 saturated carbocycles. The Labute approximate surface area is 153 Å². The molecule has 2 heterocycles. The van der Waals surface area contributed by atoms with Crippen molar-refractivity contribution in [3.63, 3.8) is 0 Å². The molecule has 0 fully saturated rings. The van der Waals surface area contributed by atoms with Crippen LogP contribution in [0.1, 0.15) is 18.3 Å². The normalized spacial score (nSPS) is 14.0. The highest BCUT2D eigenvalue weighted by Crippen LogP contribution is 2.25. The third kappa shape index (κ3) is 4.01. The Morgan fingerprint density at radius 3 is 2.83 bits per heavy atom. The van der Waals surface area contributed by atoms with Crippen LogP contribution in [0.5, 0.6) is 5.75 Å². The van der Waals surface area contributed by atoms with E-state index < -0.39 is 6.04 Å². The average Bonchev–Trinajstić information content (AvgIpc) is 2.97. The van der Waals surface area contributed by atoms with Gasteiger partial charge in [-0.15, -0.1) is 24.8 Å². The molecule has 0 radical (unpaired) electrons. The van der Waals surface area contributed by atoms with Crippen LogP contribution in [0.2, 0.25) is 0 Å². The van der Waals surface area contributed by atoms with E-state index >= 15 is 0 Å². The summed E-state index contributed by atoms with van der Waals surface area (Å²) >= 11 is 0. The van der Waals surface area contributed by atoms with Crippen molar-refractivity contribution in [2.75, 3.05) is 13.7 Å². The first-order valence-corrected chi connectivity index (χ1v) is 7.35. The summed E-state index contributed by atoms with van der Waals surface area (Å²) in [4.78, 5) is 21.8. The molecule has 1 atom stereocenters. The van der Waals surface area contributed by atoms with Gasteiger partial charge in [0.1, 0.15) is 11.6 Å². The first-order chi connectivity index (χ1) is 10.6. The minimum absolute atomic E-state index is 0. The van der Waals surface area contributed by atoms with Crippen molar-refractivity contribution in [2.24, 2.45) is 5.73 Å². The van der Waals surface area contributed by atoms with Crippen LogP contribution in [-0.4, -0.2) is 40.5 Å². The number of benzene rings is 1. The number of fused-ring (bicyclic) bond motifs is 1. The molecule has 1 aromatic heterocycles. The van der Waals surface area contributed by atoms with Crippen molar-refractivity contribution in [1.82, 2.24) is 14.9 Å². The van der Waals surface area contributed by atoms with Crippen LogP contribution in [0.15, 0.2) is 24.3 Å². The molecule has 0 bridgehead atoms. The molecule has 24 heavy (non-hydrogen) atoms. The zero-order valence-electron chi connectivity index (χ0n) is 13.6. The van der Waals surface area contributed by atoms with Crippen molar-refractivity contribution in [1.29, 1.82) is 0 Å². The van der Waals surface area contributed by atoms with Crippen LogP contribution in [-0.2, 0) is 17.8 Å². The van der Waals surface area contributed by atoms with Crippen molar-refractivity contribution < 1.29 is 9.53 Å². The fourth-order valence-corrected chi connectivity index (χ4v) is 2.68. The van der Waals surface area contributed by atoms with Gasteiger partial charge in [0, 0.05) is 18.5 Å². The van der Waals surface area contributed by atoms with Crippen LogP contribution < -0.4 is 10.5 Å². The molecule has 6 nitrogen and oxygen atoms in total. The molecular weight excluding hydrogens is 351 g/mol. The maximum Gasteiger partial charge on any atom is 0.239 e. The molecule has 0 aliphatic carbocycles. The molecule has 8 heteroatoms. The molecule has 3 N–H and O–H groups in total. The van der Waals surface area contributed by atoms with E-state index in [4.69, 9.17) is 10.5 Å². The number of hydrogen-bond acceptors (Lipinski definition) is 4. The van der Waals surface area contributed by atoms with Gasteiger partial charge in [-0.05, 0) is 19.1 Å². The largest absolute Gasteiger partial charge is 0.497 e. The number of nitrogens with one attached hydrogen (secondary N) is 1. The number of amides is 1. The van der Waals surface area contributed by atoms with Crippen LogP contribution >= 0.6 is 24.8 Å². The Balaban J connectivity index is 0.00000144. The minimum atomic E-state index is -0.470. The fourth-order valence-electron chi connectivity index (χ4n) is 2.68. The quantitative estimate of drug-likeness (QED) is 0.864. The highest BCUT2D eigenvalue weighted by molar-refractivity contribution is 5.85. The highest BCUT2D eigenvalue weighted by atomic mass is 35.5. The summed E-state index contributed by atoms with van der Waals surface area (Å²) in [6.07, 6.45) is 0.744. The second kappa shape index (κ2) is 8.37. The standard InChI is InChI=1S/C16H20N4O2.2ClH/c1-10(17)16(21)20-7-6-13-14(9-20)19-15(18-13)11-4-3-5-12(8-11)22-2;;/h3-5,8,10H,6-7,9,17H2,1-2H3,(H,18,19);2*1H/t10-;;/m1../s1. The molecule has 0 saturated heterocycles. The molecule has 1 aromatic carbocycles. The number of halogens is 2. The van der Waals surface area contributed by atoms with Crippen LogP contribution in [0, 0.1) is 0 Å². The number of hydrogen-bond donors (Lipinski definition) is 2. The second-order valence-electron chi connectivity index (χ2n) is 5.54. The number of aromatic amines is 1. The van der Waals surface area contributed by atoms with Gasteiger partial charge in [-0.1, -0.05) is 12.1 Å². The number of nitrogens with zero attached hydrogens (tertiary/aromatic N) is 2. The molecule has 1 aliphatic heterocycles. The summed E-state index contributed by atoms with van der Waals surface area (Å²) in [5.74, 6) is 1.57. The van der Waals surface area contributed by atoms with Crippen molar-refractivity contribution >= 4 is 30.7 Å². The second-order valence-corrected chi connectivity index (χ2v) is 5.54. The third-order valence-corrected chi connectivity index (χ3v) is 3.88. The zero-order valence-corrected chi connectivity index (χ0v) is 15.2. The average molecular weight is 373 g/mol. The summed E-state index contributed by atoms with van der Waals surface area (Å²) in [5, 5.41) is 0. The summed E-state index contributed by atoms with van der Waals surface area (Å²) in [6.45, 7) is 2.91. The van der Waals surface area contributed by atoms with E-state index in [1.165, 1.54) is 0 Å². The van der Waals surface area contributed by atoms with Crippen LogP contribution in [0.4, 0.5) is 0 Å². The van der Waals surface area contributed by atoms with Gasteiger partial charge in [-0.2, -0.15) is 0 Å². The van der Waals surface area contributed by atoms with Gasteiger partial charge in [0.2, 0.25) is 5.91 Å². The Hall–Kier alpha value is -1.76. The first-order valence-electron chi connectivity index (χ1n) is 7.35. The van der Waals surface area contributed by atoms with E-state index in [0.717, 1.165) is 34.9 Å². The number of carbonyl (C=O) groups is 1. The lowest BCUT2D eigenvalue weighted by atomic mass is 10.1. The lowest BCUT2D eigenvalue weighted by Crippen LogP contribution is -2.44. The lowest BCUT2D eigenvalue weighted by Gasteiger charge is -2.27. The van der Waals surface area contributed by atoms with Gasteiger partial charge in [0.25, 0.3) is 0 Å². The van der Waals surface area contributed by atoms with Crippen molar-refractivity contribution in [3.8, 4) is 17.1 Å². The van der Waals surface area contributed by atoms with Crippen molar-refractivity contribution in [3.05, 3.63) is 35.7 Å². The van der Waals surface area contributed by atoms with E-state index in [1.807, 2.05) is 24.3 Å². The predicted molar refractivity (Wildman–Crippen MR) is 97.8 cm³/mol. The molecule has 132 valence electrons. The van der Waals surface area contributed by atoms with Gasteiger partial charge < -0.3 is 20.4 Å². The topological polar surface area (TPSA) is 84.2 Å². The number of H-pyrrole nitrogens is 1. The molecule has 0 spiro atoms. The summed E-state index contributed by atoms with van der Waals surface area (Å²) in [5.41, 5.74) is 8.66. The molecule has 0 unspecified atom stereocenters. The number of nitrogens with two attached hydrogens (primary N) is 1. The van der Waals surface area contributed by atoms with Gasteiger partial charge in [-0.3, -0.25) is 4.79 Å². The number of ether oxygens (including phenoxy) is 1.